The molecule has 0 saturated carbocycles. The summed E-state index contributed by atoms with van der Waals surface area (Å²) < 4.78 is 7.77. The molecule has 0 aromatic carbocycles. The van der Waals surface area contributed by atoms with Gasteiger partial charge in [-0.25, -0.2) is 4.98 Å². The molecule has 0 fully saturated rings. The second-order valence-electron chi connectivity index (χ2n) is 4.77. The Morgan fingerprint density at radius 3 is 3.00 bits per heavy atom. The van der Waals surface area contributed by atoms with Gasteiger partial charge in [-0.2, -0.15) is 0 Å². The molecule has 2 aromatic heterocycles. The van der Waals surface area contributed by atoms with Crippen LogP contribution in [0.3, 0.4) is 0 Å². The van der Waals surface area contributed by atoms with Gasteiger partial charge in [0.15, 0.2) is 0 Å². The Hall–Kier alpha value is -1.55. The Bertz CT molecular complexity index is 487. The van der Waals surface area contributed by atoms with Crippen LogP contribution in [0.2, 0.25) is 0 Å². The molecule has 0 saturated heterocycles. The van der Waals surface area contributed by atoms with Crippen LogP contribution in [-0.4, -0.2) is 16.1 Å². The first-order valence-electron chi connectivity index (χ1n) is 7.11. The zero-order valence-electron chi connectivity index (χ0n) is 11.9. The van der Waals surface area contributed by atoms with Crippen LogP contribution >= 0.6 is 0 Å². The average molecular weight is 261 g/mol. The molecular weight excluding hydrogens is 238 g/mol. The zero-order chi connectivity index (χ0) is 13.5. The standard InChI is InChI=1S/C15H23N3O/c1-3-5-15-17-8-9-18(15)12-13-6-10-19-14(13)11-16-7-4-2/h6,8-10,16H,3-5,7,11-12H2,1-2H3. The lowest BCUT2D eigenvalue weighted by atomic mass is 10.2. The summed E-state index contributed by atoms with van der Waals surface area (Å²) in [7, 11) is 0. The molecule has 0 bridgehead atoms. The number of imidazole rings is 1. The number of aryl methyl sites for hydroxylation is 1. The number of hydrogen-bond acceptors (Lipinski definition) is 3. The lowest BCUT2D eigenvalue weighted by molar-refractivity contribution is 0.476. The summed E-state index contributed by atoms with van der Waals surface area (Å²) >= 11 is 0. The molecule has 104 valence electrons. The summed E-state index contributed by atoms with van der Waals surface area (Å²) in [5.74, 6) is 2.18. The van der Waals surface area contributed by atoms with Crippen LogP contribution in [0.4, 0.5) is 0 Å². The zero-order valence-corrected chi connectivity index (χ0v) is 11.9. The lowest BCUT2D eigenvalue weighted by Crippen LogP contribution is -2.15. The summed E-state index contributed by atoms with van der Waals surface area (Å²) in [4.78, 5) is 4.41. The van der Waals surface area contributed by atoms with Gasteiger partial charge in [0.05, 0.1) is 19.4 Å². The van der Waals surface area contributed by atoms with Gasteiger partial charge in [0.2, 0.25) is 0 Å². The van der Waals surface area contributed by atoms with Crippen LogP contribution in [0, 0.1) is 0 Å². The molecule has 0 aliphatic carbocycles. The SMILES string of the molecule is CCCNCc1occc1Cn1ccnc1CCC. The van der Waals surface area contributed by atoms with Crippen molar-refractivity contribution < 1.29 is 4.42 Å². The maximum Gasteiger partial charge on any atom is 0.122 e. The molecule has 19 heavy (non-hydrogen) atoms. The second kappa shape index (κ2) is 7.14. The molecule has 0 amide bonds. The third-order valence-corrected chi connectivity index (χ3v) is 3.17. The fraction of sp³-hybridized carbons (Fsp3) is 0.533. The number of hydrogen-bond donors (Lipinski definition) is 1. The summed E-state index contributed by atoms with van der Waals surface area (Å²) in [6.45, 7) is 7.00. The van der Waals surface area contributed by atoms with Crippen LogP contribution in [0.5, 0.6) is 0 Å². The summed E-state index contributed by atoms with van der Waals surface area (Å²) in [5, 5.41) is 3.38. The van der Waals surface area contributed by atoms with Crippen LogP contribution < -0.4 is 5.32 Å². The fourth-order valence-corrected chi connectivity index (χ4v) is 2.16. The number of nitrogens with zero attached hydrogens (tertiary/aromatic N) is 2. The predicted molar refractivity (Wildman–Crippen MR) is 76.0 cm³/mol. The van der Waals surface area contributed by atoms with Gasteiger partial charge < -0.3 is 14.3 Å². The van der Waals surface area contributed by atoms with E-state index in [2.05, 4.69) is 34.8 Å². The van der Waals surface area contributed by atoms with Gasteiger partial charge in [-0.15, -0.1) is 0 Å². The molecule has 0 atom stereocenters. The van der Waals surface area contributed by atoms with Crippen molar-refractivity contribution in [3.63, 3.8) is 0 Å². The van der Waals surface area contributed by atoms with E-state index in [0.717, 1.165) is 50.5 Å². The number of rotatable bonds is 8. The van der Waals surface area contributed by atoms with Crippen molar-refractivity contribution in [2.24, 2.45) is 0 Å². The first-order valence-corrected chi connectivity index (χ1v) is 7.11. The molecule has 0 radical (unpaired) electrons. The Labute approximate surface area is 114 Å². The van der Waals surface area contributed by atoms with E-state index in [0.29, 0.717) is 0 Å². The van der Waals surface area contributed by atoms with E-state index < -0.39 is 0 Å². The average Bonchev–Trinajstić information content (AvgIpc) is 3.02. The van der Waals surface area contributed by atoms with Crippen molar-refractivity contribution in [2.45, 2.75) is 46.2 Å². The fourth-order valence-electron chi connectivity index (χ4n) is 2.16. The quantitative estimate of drug-likeness (QED) is 0.743. The molecule has 0 aliphatic rings. The first-order chi connectivity index (χ1) is 9.35. The van der Waals surface area contributed by atoms with E-state index in [9.17, 15) is 0 Å². The Morgan fingerprint density at radius 2 is 2.21 bits per heavy atom. The Balaban J connectivity index is 2.02. The van der Waals surface area contributed by atoms with E-state index in [1.165, 1.54) is 5.56 Å². The third-order valence-electron chi connectivity index (χ3n) is 3.17. The Morgan fingerprint density at radius 1 is 1.32 bits per heavy atom. The lowest BCUT2D eigenvalue weighted by Gasteiger charge is -2.08. The van der Waals surface area contributed by atoms with Crippen molar-refractivity contribution >= 4 is 0 Å². The van der Waals surface area contributed by atoms with E-state index in [4.69, 9.17) is 4.42 Å². The summed E-state index contributed by atoms with van der Waals surface area (Å²) in [6.07, 6.45) is 8.97. The third kappa shape index (κ3) is 3.70. The van der Waals surface area contributed by atoms with Crippen LogP contribution in [0.15, 0.2) is 29.1 Å². The highest BCUT2D eigenvalue weighted by molar-refractivity contribution is 5.18. The van der Waals surface area contributed by atoms with Gasteiger partial charge in [0.25, 0.3) is 0 Å². The normalized spacial score (nSPS) is 11.1. The van der Waals surface area contributed by atoms with Crippen molar-refractivity contribution in [3.8, 4) is 0 Å². The smallest absolute Gasteiger partial charge is 0.122 e. The Kier molecular flexibility index (Phi) is 5.21. The minimum absolute atomic E-state index is 0.800. The molecule has 4 nitrogen and oxygen atoms in total. The number of aromatic nitrogens is 2. The second-order valence-corrected chi connectivity index (χ2v) is 4.77. The van der Waals surface area contributed by atoms with Gasteiger partial charge in [-0.3, -0.25) is 0 Å². The van der Waals surface area contributed by atoms with Crippen LogP contribution in [0.1, 0.15) is 43.8 Å². The molecule has 0 spiro atoms. The topological polar surface area (TPSA) is 43.0 Å². The molecule has 2 rings (SSSR count). The largest absolute Gasteiger partial charge is 0.468 e. The first kappa shape index (κ1) is 13.9. The minimum atomic E-state index is 0.800. The molecule has 4 heteroatoms. The van der Waals surface area contributed by atoms with E-state index >= 15 is 0 Å². The maximum absolute atomic E-state index is 5.56. The van der Waals surface area contributed by atoms with Gasteiger partial charge in [-0.05, 0) is 25.5 Å². The van der Waals surface area contributed by atoms with Crippen LogP contribution in [0.25, 0.3) is 0 Å². The number of furan rings is 1. The van der Waals surface area contributed by atoms with Gasteiger partial charge in [-0.1, -0.05) is 13.8 Å². The van der Waals surface area contributed by atoms with Gasteiger partial charge in [0.1, 0.15) is 11.6 Å². The maximum atomic E-state index is 5.56. The summed E-state index contributed by atoms with van der Waals surface area (Å²) in [6, 6.07) is 2.05. The van der Waals surface area contributed by atoms with Gasteiger partial charge in [0, 0.05) is 24.4 Å². The minimum Gasteiger partial charge on any atom is -0.468 e. The molecular formula is C15H23N3O. The highest BCUT2D eigenvalue weighted by atomic mass is 16.3. The number of nitrogens with one attached hydrogen (secondary N) is 1. The molecule has 0 aliphatic heterocycles. The van der Waals surface area contributed by atoms with E-state index in [1.807, 2.05) is 12.4 Å². The summed E-state index contributed by atoms with van der Waals surface area (Å²) in [5.41, 5.74) is 1.24. The van der Waals surface area contributed by atoms with E-state index in [-0.39, 0.29) is 0 Å². The van der Waals surface area contributed by atoms with Crippen molar-refractivity contribution in [3.05, 3.63) is 41.9 Å². The highest BCUT2D eigenvalue weighted by Gasteiger charge is 2.09. The molecule has 2 heterocycles. The molecule has 0 unspecified atom stereocenters. The van der Waals surface area contributed by atoms with Crippen molar-refractivity contribution in [2.75, 3.05) is 6.54 Å². The van der Waals surface area contributed by atoms with Crippen molar-refractivity contribution in [1.82, 2.24) is 14.9 Å². The predicted octanol–water partition coefficient (Wildman–Crippen LogP) is 2.98. The highest BCUT2D eigenvalue weighted by Crippen LogP contribution is 2.14. The molecule has 1 N–H and O–H groups in total. The molecule has 2 aromatic rings. The van der Waals surface area contributed by atoms with Gasteiger partial charge >= 0.3 is 0 Å². The van der Waals surface area contributed by atoms with E-state index in [1.54, 1.807) is 6.26 Å². The van der Waals surface area contributed by atoms with Crippen molar-refractivity contribution in [1.29, 1.82) is 0 Å². The monoisotopic (exact) mass is 261 g/mol. The van der Waals surface area contributed by atoms with Crippen LogP contribution in [-0.2, 0) is 19.5 Å².